The normalized spacial score (nSPS) is 14.6. The SMILES string of the molecule is CCc1cnc(CNc2cc(Br)nc(C3CC3)n2)s1. The lowest BCUT2D eigenvalue weighted by atomic mass is 10.4. The van der Waals surface area contributed by atoms with Gasteiger partial charge in [-0.1, -0.05) is 6.92 Å². The standard InChI is InChI=1S/C13H15BrN4S/c1-2-9-6-16-12(19-9)7-15-11-5-10(14)17-13(18-11)8-3-4-8/h5-6,8H,2-4,7H2,1H3,(H,15,17,18). The molecule has 4 nitrogen and oxygen atoms in total. The second-order valence-corrected chi connectivity index (χ2v) is 6.65. The van der Waals surface area contributed by atoms with Crippen LogP contribution in [0.2, 0.25) is 0 Å². The maximum absolute atomic E-state index is 4.56. The monoisotopic (exact) mass is 338 g/mol. The third-order valence-electron chi connectivity index (χ3n) is 3.03. The summed E-state index contributed by atoms with van der Waals surface area (Å²) in [5.74, 6) is 2.38. The average molecular weight is 339 g/mol. The highest BCUT2D eigenvalue weighted by Crippen LogP contribution is 2.38. The highest BCUT2D eigenvalue weighted by molar-refractivity contribution is 9.10. The van der Waals surface area contributed by atoms with Crippen LogP contribution in [0.1, 0.15) is 41.4 Å². The fraction of sp³-hybridized carbons (Fsp3) is 0.462. The van der Waals surface area contributed by atoms with Gasteiger partial charge in [0.05, 0.1) is 6.54 Å². The molecule has 0 aromatic carbocycles. The summed E-state index contributed by atoms with van der Waals surface area (Å²) in [5, 5.41) is 4.43. The molecule has 0 amide bonds. The minimum atomic E-state index is 0.560. The van der Waals surface area contributed by atoms with Crippen molar-refractivity contribution < 1.29 is 0 Å². The maximum Gasteiger partial charge on any atom is 0.135 e. The number of thiazole rings is 1. The number of halogens is 1. The summed E-state index contributed by atoms with van der Waals surface area (Å²) in [6, 6.07) is 1.92. The molecular weight excluding hydrogens is 324 g/mol. The van der Waals surface area contributed by atoms with Crippen molar-refractivity contribution in [2.75, 3.05) is 5.32 Å². The number of aryl methyl sites for hydroxylation is 1. The minimum Gasteiger partial charge on any atom is -0.363 e. The number of rotatable bonds is 5. The van der Waals surface area contributed by atoms with Crippen LogP contribution in [0.3, 0.4) is 0 Å². The third-order valence-corrected chi connectivity index (χ3v) is 4.57. The molecule has 100 valence electrons. The molecule has 1 aliphatic rings. The molecule has 0 radical (unpaired) electrons. The van der Waals surface area contributed by atoms with Crippen molar-refractivity contribution in [3.8, 4) is 0 Å². The number of hydrogen-bond acceptors (Lipinski definition) is 5. The second kappa shape index (κ2) is 5.54. The Hall–Kier alpha value is -1.01. The van der Waals surface area contributed by atoms with Crippen LogP contribution in [0.5, 0.6) is 0 Å². The Kier molecular flexibility index (Phi) is 3.79. The van der Waals surface area contributed by atoms with Gasteiger partial charge in [-0.15, -0.1) is 11.3 Å². The summed E-state index contributed by atoms with van der Waals surface area (Å²) in [6.45, 7) is 2.87. The van der Waals surface area contributed by atoms with Crippen molar-refractivity contribution in [1.29, 1.82) is 0 Å². The quantitative estimate of drug-likeness (QED) is 0.843. The van der Waals surface area contributed by atoms with E-state index >= 15 is 0 Å². The van der Waals surface area contributed by atoms with Crippen LogP contribution in [0.4, 0.5) is 5.82 Å². The van der Waals surface area contributed by atoms with E-state index in [1.54, 1.807) is 11.3 Å². The minimum absolute atomic E-state index is 0.560. The van der Waals surface area contributed by atoms with Gasteiger partial charge in [-0.25, -0.2) is 15.0 Å². The maximum atomic E-state index is 4.56. The molecule has 0 spiro atoms. The van der Waals surface area contributed by atoms with Crippen LogP contribution < -0.4 is 5.32 Å². The van der Waals surface area contributed by atoms with E-state index in [4.69, 9.17) is 0 Å². The van der Waals surface area contributed by atoms with E-state index < -0.39 is 0 Å². The predicted octanol–water partition coefficient (Wildman–Crippen LogP) is 3.75. The first kappa shape index (κ1) is 13.0. The molecule has 6 heteroatoms. The highest BCUT2D eigenvalue weighted by atomic mass is 79.9. The second-order valence-electron chi connectivity index (χ2n) is 4.64. The Morgan fingerprint density at radius 2 is 2.26 bits per heavy atom. The van der Waals surface area contributed by atoms with Crippen molar-refractivity contribution >= 4 is 33.1 Å². The van der Waals surface area contributed by atoms with Crippen molar-refractivity contribution in [1.82, 2.24) is 15.0 Å². The van der Waals surface area contributed by atoms with Crippen molar-refractivity contribution in [2.24, 2.45) is 0 Å². The number of nitrogens with one attached hydrogen (secondary N) is 1. The third kappa shape index (κ3) is 3.30. The van der Waals surface area contributed by atoms with Gasteiger partial charge in [0, 0.05) is 23.1 Å². The number of hydrogen-bond donors (Lipinski definition) is 1. The topological polar surface area (TPSA) is 50.7 Å². The zero-order chi connectivity index (χ0) is 13.2. The Morgan fingerprint density at radius 3 is 2.95 bits per heavy atom. The Balaban J connectivity index is 1.68. The van der Waals surface area contributed by atoms with Crippen LogP contribution >= 0.6 is 27.3 Å². The molecule has 1 N–H and O–H groups in total. The molecule has 1 fully saturated rings. The molecule has 2 aromatic heterocycles. The van der Waals surface area contributed by atoms with Crippen LogP contribution in [-0.2, 0) is 13.0 Å². The zero-order valence-corrected chi connectivity index (χ0v) is 13.1. The van der Waals surface area contributed by atoms with Crippen molar-refractivity contribution in [3.05, 3.63) is 32.6 Å². The summed E-state index contributed by atoms with van der Waals surface area (Å²) in [6.07, 6.45) is 5.42. The first-order valence-electron chi connectivity index (χ1n) is 6.46. The molecule has 19 heavy (non-hydrogen) atoms. The molecule has 0 atom stereocenters. The van der Waals surface area contributed by atoms with E-state index in [2.05, 4.69) is 43.1 Å². The van der Waals surface area contributed by atoms with Gasteiger partial charge in [-0.05, 0) is 35.2 Å². The van der Waals surface area contributed by atoms with Gasteiger partial charge in [0.1, 0.15) is 21.3 Å². The van der Waals surface area contributed by atoms with E-state index in [1.165, 1.54) is 17.7 Å². The number of anilines is 1. The van der Waals surface area contributed by atoms with Gasteiger partial charge >= 0.3 is 0 Å². The van der Waals surface area contributed by atoms with E-state index in [1.807, 2.05) is 12.3 Å². The number of nitrogens with zero attached hydrogens (tertiary/aromatic N) is 3. The zero-order valence-electron chi connectivity index (χ0n) is 10.7. The fourth-order valence-corrected chi connectivity index (χ4v) is 3.01. The lowest BCUT2D eigenvalue weighted by Gasteiger charge is -2.06. The van der Waals surface area contributed by atoms with Gasteiger partial charge in [0.2, 0.25) is 0 Å². The average Bonchev–Trinajstić information content (AvgIpc) is 3.15. The summed E-state index contributed by atoms with van der Waals surface area (Å²) < 4.78 is 0.847. The van der Waals surface area contributed by atoms with Crippen LogP contribution in [0.25, 0.3) is 0 Å². The predicted molar refractivity (Wildman–Crippen MR) is 80.5 cm³/mol. The molecule has 3 rings (SSSR count). The summed E-state index contributed by atoms with van der Waals surface area (Å²) in [5.41, 5.74) is 0. The van der Waals surface area contributed by atoms with Gasteiger partial charge in [0.25, 0.3) is 0 Å². The first-order valence-corrected chi connectivity index (χ1v) is 8.07. The van der Waals surface area contributed by atoms with E-state index in [0.29, 0.717) is 5.92 Å². The first-order chi connectivity index (χ1) is 9.24. The van der Waals surface area contributed by atoms with E-state index in [-0.39, 0.29) is 0 Å². The molecule has 2 heterocycles. The van der Waals surface area contributed by atoms with Crippen molar-refractivity contribution in [3.63, 3.8) is 0 Å². The van der Waals surface area contributed by atoms with Gasteiger partial charge in [-0.2, -0.15) is 0 Å². The summed E-state index contributed by atoms with van der Waals surface area (Å²) >= 11 is 5.20. The van der Waals surface area contributed by atoms with Crippen LogP contribution in [0, 0.1) is 0 Å². The molecule has 1 aliphatic carbocycles. The summed E-state index contributed by atoms with van der Waals surface area (Å²) in [7, 11) is 0. The van der Waals surface area contributed by atoms with Gasteiger partial charge in [-0.3, -0.25) is 0 Å². The molecule has 2 aromatic rings. The lowest BCUT2D eigenvalue weighted by Crippen LogP contribution is -2.04. The number of aromatic nitrogens is 3. The van der Waals surface area contributed by atoms with Gasteiger partial charge < -0.3 is 5.32 Å². The molecule has 0 bridgehead atoms. The largest absolute Gasteiger partial charge is 0.363 e. The molecular formula is C13H15BrN4S. The molecule has 0 unspecified atom stereocenters. The smallest absolute Gasteiger partial charge is 0.135 e. The summed E-state index contributed by atoms with van der Waals surface area (Å²) in [4.78, 5) is 14.7. The van der Waals surface area contributed by atoms with Gasteiger partial charge in [0.15, 0.2) is 0 Å². The van der Waals surface area contributed by atoms with Crippen LogP contribution in [-0.4, -0.2) is 15.0 Å². The highest BCUT2D eigenvalue weighted by Gasteiger charge is 2.27. The van der Waals surface area contributed by atoms with E-state index in [9.17, 15) is 0 Å². The molecule has 0 saturated heterocycles. The van der Waals surface area contributed by atoms with Crippen LogP contribution in [0.15, 0.2) is 16.9 Å². The van der Waals surface area contributed by atoms with E-state index in [0.717, 1.165) is 34.2 Å². The lowest BCUT2D eigenvalue weighted by molar-refractivity contribution is 0.909. The Morgan fingerprint density at radius 1 is 1.42 bits per heavy atom. The molecule has 0 aliphatic heterocycles. The van der Waals surface area contributed by atoms with Crippen molar-refractivity contribution in [2.45, 2.75) is 38.6 Å². The fourth-order valence-electron chi connectivity index (χ4n) is 1.81. The Labute approximate surface area is 124 Å². The molecule has 1 saturated carbocycles. The Bertz CT molecular complexity index is 580.